The van der Waals surface area contributed by atoms with E-state index in [1.54, 1.807) is 12.3 Å². The molecular weight excluding hydrogens is 238 g/mol. The third kappa shape index (κ3) is 4.69. The minimum absolute atomic E-state index is 0.304. The Morgan fingerprint density at radius 2 is 2.21 bits per heavy atom. The average molecular weight is 261 g/mol. The number of nitrogens with one attached hydrogen (secondary N) is 2. The van der Waals surface area contributed by atoms with Crippen LogP contribution >= 0.6 is 0 Å². The number of allylic oxidation sites excluding steroid dienone is 1. The van der Waals surface area contributed by atoms with Crippen LogP contribution in [0.25, 0.3) is 0 Å². The number of amidine groups is 1. The largest absolute Gasteiger partial charge is 0.358 e. The van der Waals surface area contributed by atoms with E-state index in [0.29, 0.717) is 17.6 Å². The summed E-state index contributed by atoms with van der Waals surface area (Å²) in [7, 11) is 2.01. The van der Waals surface area contributed by atoms with Crippen molar-refractivity contribution in [2.75, 3.05) is 23.8 Å². The van der Waals surface area contributed by atoms with Gasteiger partial charge in [-0.15, -0.1) is 0 Å². The van der Waals surface area contributed by atoms with Crippen LogP contribution in [0.1, 0.15) is 26.5 Å². The Labute approximate surface area is 115 Å². The van der Waals surface area contributed by atoms with Crippen LogP contribution in [0.3, 0.4) is 0 Å². The Hall–Kier alpha value is -1.91. The first-order valence-corrected chi connectivity index (χ1v) is 6.47. The smallest absolute Gasteiger partial charge is 0.152 e. The van der Waals surface area contributed by atoms with Crippen molar-refractivity contribution in [2.45, 2.75) is 27.7 Å². The van der Waals surface area contributed by atoms with E-state index >= 15 is 0 Å². The van der Waals surface area contributed by atoms with E-state index in [0.717, 1.165) is 18.1 Å². The number of aromatic nitrogens is 2. The highest BCUT2D eigenvalue weighted by Gasteiger charge is 2.10. The van der Waals surface area contributed by atoms with E-state index in [1.807, 2.05) is 27.0 Å². The summed E-state index contributed by atoms with van der Waals surface area (Å²) in [6.45, 7) is 9.08. The lowest BCUT2D eigenvalue weighted by Crippen LogP contribution is -2.25. The lowest BCUT2D eigenvalue weighted by molar-refractivity contribution is 0.633. The summed E-state index contributed by atoms with van der Waals surface area (Å²) in [6.07, 6.45) is 5.14. The Morgan fingerprint density at radius 3 is 2.79 bits per heavy atom. The fourth-order valence-electron chi connectivity index (χ4n) is 1.84. The van der Waals surface area contributed by atoms with Gasteiger partial charge in [-0.05, 0) is 25.8 Å². The summed E-state index contributed by atoms with van der Waals surface area (Å²) in [4.78, 5) is 11.0. The summed E-state index contributed by atoms with van der Waals surface area (Å²) >= 11 is 0. The first kappa shape index (κ1) is 15.1. The van der Waals surface area contributed by atoms with E-state index in [2.05, 4.69) is 34.0 Å². The first-order valence-electron chi connectivity index (χ1n) is 6.47. The Morgan fingerprint density at radius 1 is 1.53 bits per heavy atom. The molecule has 1 aromatic heterocycles. The molecule has 1 heterocycles. The van der Waals surface area contributed by atoms with Gasteiger partial charge in [0.2, 0.25) is 0 Å². The molecule has 0 aliphatic carbocycles. The zero-order valence-corrected chi connectivity index (χ0v) is 12.4. The van der Waals surface area contributed by atoms with Gasteiger partial charge in [0.1, 0.15) is 5.84 Å². The summed E-state index contributed by atoms with van der Waals surface area (Å²) < 4.78 is 0. The second-order valence-electron chi connectivity index (χ2n) is 4.98. The third-order valence-corrected chi connectivity index (χ3v) is 2.53. The van der Waals surface area contributed by atoms with Crippen molar-refractivity contribution < 1.29 is 0 Å². The van der Waals surface area contributed by atoms with E-state index in [9.17, 15) is 0 Å². The number of hydrogen-bond donors (Lipinski definition) is 2. The van der Waals surface area contributed by atoms with Gasteiger partial charge in [-0.25, -0.2) is 4.98 Å². The molecular formula is C14H23N5. The molecule has 0 atom stereocenters. The van der Waals surface area contributed by atoms with Gasteiger partial charge in [0.05, 0.1) is 11.9 Å². The molecule has 0 aliphatic heterocycles. The summed E-state index contributed by atoms with van der Waals surface area (Å²) in [5, 5.41) is 10.6. The molecule has 5 nitrogen and oxygen atoms in total. The summed E-state index contributed by atoms with van der Waals surface area (Å²) in [5.74, 6) is 2.31. The van der Waals surface area contributed by atoms with Gasteiger partial charge in [0.15, 0.2) is 11.6 Å². The summed E-state index contributed by atoms with van der Waals surface area (Å²) in [6, 6.07) is 0. The lowest BCUT2D eigenvalue weighted by Gasteiger charge is -2.22. The van der Waals surface area contributed by atoms with Gasteiger partial charge in [-0.1, -0.05) is 19.9 Å². The first-order chi connectivity index (χ1) is 8.93. The van der Waals surface area contributed by atoms with Gasteiger partial charge in [-0.2, -0.15) is 0 Å². The van der Waals surface area contributed by atoms with Crippen LogP contribution < -0.4 is 10.2 Å². The van der Waals surface area contributed by atoms with Crippen molar-refractivity contribution in [2.24, 2.45) is 5.92 Å². The molecule has 2 N–H and O–H groups in total. The van der Waals surface area contributed by atoms with Gasteiger partial charge in [-0.3, -0.25) is 10.4 Å². The molecule has 19 heavy (non-hydrogen) atoms. The van der Waals surface area contributed by atoms with Crippen LogP contribution in [0.5, 0.6) is 0 Å². The molecule has 0 bridgehead atoms. The van der Waals surface area contributed by atoms with E-state index in [-0.39, 0.29) is 0 Å². The monoisotopic (exact) mass is 261 g/mol. The highest BCUT2D eigenvalue weighted by Crippen LogP contribution is 2.17. The number of anilines is 2. The molecule has 0 aromatic carbocycles. The Bertz CT molecular complexity index is 465. The third-order valence-electron chi connectivity index (χ3n) is 2.53. The quantitative estimate of drug-likeness (QED) is 0.632. The van der Waals surface area contributed by atoms with Gasteiger partial charge < -0.3 is 10.2 Å². The van der Waals surface area contributed by atoms with Gasteiger partial charge in [0.25, 0.3) is 0 Å². The predicted molar refractivity (Wildman–Crippen MR) is 81.0 cm³/mol. The standard InChI is InChI=1S/C14H23N5/c1-6-7-12(15)17-13-8-16-11(4)14(18-13)19(5)9-10(2)3/h6-8,10H,9H2,1-5H3,(H2,15,17,18)/b7-6-. The van der Waals surface area contributed by atoms with Gasteiger partial charge >= 0.3 is 0 Å². The number of hydrogen-bond acceptors (Lipinski definition) is 4. The predicted octanol–water partition coefficient (Wildman–Crippen LogP) is 2.84. The minimum atomic E-state index is 0.304. The van der Waals surface area contributed by atoms with Crippen molar-refractivity contribution in [3.05, 3.63) is 24.0 Å². The SMILES string of the molecule is C/C=C\C(=N)Nc1cnc(C)c(N(C)CC(C)C)n1. The molecule has 104 valence electrons. The zero-order chi connectivity index (χ0) is 14.4. The zero-order valence-electron chi connectivity index (χ0n) is 12.4. The number of aryl methyl sites for hydroxylation is 1. The van der Waals surface area contributed by atoms with E-state index in [4.69, 9.17) is 5.41 Å². The van der Waals surface area contributed by atoms with Crippen molar-refractivity contribution in [3.8, 4) is 0 Å². The molecule has 5 heteroatoms. The minimum Gasteiger partial charge on any atom is -0.358 e. The summed E-state index contributed by atoms with van der Waals surface area (Å²) in [5.41, 5.74) is 0.895. The fraction of sp³-hybridized carbons (Fsp3) is 0.500. The molecule has 0 saturated carbocycles. The average Bonchev–Trinajstić information content (AvgIpc) is 2.31. The van der Waals surface area contributed by atoms with Gasteiger partial charge in [0, 0.05) is 13.6 Å². The molecule has 0 fully saturated rings. The van der Waals surface area contributed by atoms with Crippen LogP contribution in [-0.4, -0.2) is 29.4 Å². The normalized spacial score (nSPS) is 11.1. The number of nitrogens with zero attached hydrogens (tertiary/aromatic N) is 3. The van der Waals surface area contributed by atoms with E-state index in [1.165, 1.54) is 0 Å². The highest BCUT2D eigenvalue weighted by molar-refractivity contribution is 6.00. The molecule has 0 unspecified atom stereocenters. The Balaban J connectivity index is 2.90. The lowest BCUT2D eigenvalue weighted by atomic mass is 10.2. The van der Waals surface area contributed by atoms with Crippen LogP contribution in [0.15, 0.2) is 18.3 Å². The van der Waals surface area contributed by atoms with Crippen LogP contribution in [0.2, 0.25) is 0 Å². The molecule has 0 saturated heterocycles. The Kier molecular flexibility index (Phi) is 5.48. The van der Waals surface area contributed by atoms with Crippen molar-refractivity contribution >= 4 is 17.5 Å². The maximum atomic E-state index is 7.69. The molecule has 0 spiro atoms. The van der Waals surface area contributed by atoms with Crippen LogP contribution in [0, 0.1) is 18.3 Å². The topological polar surface area (TPSA) is 64.9 Å². The maximum Gasteiger partial charge on any atom is 0.152 e. The van der Waals surface area contributed by atoms with E-state index < -0.39 is 0 Å². The van der Waals surface area contributed by atoms with Crippen molar-refractivity contribution in [1.29, 1.82) is 5.41 Å². The maximum absolute atomic E-state index is 7.69. The molecule has 1 rings (SSSR count). The van der Waals surface area contributed by atoms with Crippen molar-refractivity contribution in [1.82, 2.24) is 9.97 Å². The molecule has 1 aromatic rings. The number of rotatable bonds is 5. The molecule has 0 aliphatic rings. The highest BCUT2D eigenvalue weighted by atomic mass is 15.2. The molecule has 0 radical (unpaired) electrons. The van der Waals surface area contributed by atoms with Crippen LogP contribution in [-0.2, 0) is 0 Å². The fourth-order valence-corrected chi connectivity index (χ4v) is 1.84. The second kappa shape index (κ2) is 6.87. The molecule has 0 amide bonds. The second-order valence-corrected chi connectivity index (χ2v) is 4.98. The van der Waals surface area contributed by atoms with Crippen LogP contribution in [0.4, 0.5) is 11.6 Å². The van der Waals surface area contributed by atoms with Crippen molar-refractivity contribution in [3.63, 3.8) is 0 Å².